The first kappa shape index (κ1) is 20.5. The largest absolute Gasteiger partial charge is 0.394 e. The van der Waals surface area contributed by atoms with Crippen molar-refractivity contribution in [1.82, 2.24) is 0 Å². The minimum atomic E-state index is -0.445. The molecule has 0 bridgehead atoms. The molecule has 0 aromatic heterocycles. The van der Waals surface area contributed by atoms with Crippen LogP contribution in [-0.4, -0.2) is 29.2 Å². The molecule has 2 aromatic rings. The molecule has 0 fully saturated rings. The highest BCUT2D eigenvalue weighted by Gasteiger charge is 2.16. The number of non-ortho nitro benzene ring substituents is 1. The second-order valence-corrected chi connectivity index (χ2v) is 6.28. The summed E-state index contributed by atoms with van der Waals surface area (Å²) in [7, 11) is 0. The molecule has 2 rings (SSSR count). The molecule has 27 heavy (non-hydrogen) atoms. The van der Waals surface area contributed by atoms with Gasteiger partial charge in [-0.15, -0.1) is 0 Å². The fraction of sp³-hybridized carbons (Fsp3) is 0.400. The molecule has 1 atom stereocenters. The number of nitrogens with zero attached hydrogens (tertiary/aromatic N) is 4. The van der Waals surface area contributed by atoms with Gasteiger partial charge in [0.05, 0.1) is 28.9 Å². The Morgan fingerprint density at radius 1 is 1.04 bits per heavy atom. The van der Waals surface area contributed by atoms with E-state index in [1.807, 2.05) is 24.3 Å². The minimum Gasteiger partial charge on any atom is -0.394 e. The average molecular weight is 370 g/mol. The van der Waals surface area contributed by atoms with Crippen LogP contribution in [0.5, 0.6) is 0 Å². The van der Waals surface area contributed by atoms with Crippen molar-refractivity contribution in [3.8, 4) is 0 Å². The average Bonchev–Trinajstić information content (AvgIpc) is 2.70. The Labute approximate surface area is 159 Å². The highest BCUT2D eigenvalue weighted by molar-refractivity contribution is 5.54. The van der Waals surface area contributed by atoms with Crippen molar-refractivity contribution < 1.29 is 10.0 Å². The topological polar surface area (TPSA) is 91.3 Å². The Bertz CT molecular complexity index is 741. The number of aliphatic hydroxyl groups is 1. The van der Waals surface area contributed by atoms with Crippen molar-refractivity contribution in [2.45, 2.75) is 39.2 Å². The Morgan fingerprint density at radius 3 is 2.04 bits per heavy atom. The molecule has 0 saturated carbocycles. The normalized spacial score (nSPS) is 12.3. The van der Waals surface area contributed by atoms with E-state index in [2.05, 4.69) is 29.0 Å². The zero-order valence-corrected chi connectivity index (χ0v) is 15.8. The summed E-state index contributed by atoms with van der Waals surface area (Å²) in [5.74, 6) is 0. The van der Waals surface area contributed by atoms with Crippen LogP contribution in [0.2, 0.25) is 0 Å². The van der Waals surface area contributed by atoms with Gasteiger partial charge >= 0.3 is 0 Å². The molecule has 0 saturated heterocycles. The highest BCUT2D eigenvalue weighted by Crippen LogP contribution is 2.25. The lowest BCUT2D eigenvalue weighted by Gasteiger charge is -2.32. The summed E-state index contributed by atoms with van der Waals surface area (Å²) in [5.41, 5.74) is 2.34. The number of hydrogen-bond donors (Lipinski definition) is 1. The molecule has 2 aromatic carbocycles. The van der Waals surface area contributed by atoms with Gasteiger partial charge in [-0.25, -0.2) is 0 Å². The van der Waals surface area contributed by atoms with Crippen LogP contribution in [0.1, 0.15) is 33.1 Å². The lowest BCUT2D eigenvalue weighted by atomic mass is 10.1. The molecule has 0 spiro atoms. The van der Waals surface area contributed by atoms with Crippen molar-refractivity contribution in [3.05, 3.63) is 58.6 Å². The summed E-state index contributed by atoms with van der Waals surface area (Å²) >= 11 is 0. The zero-order valence-electron chi connectivity index (χ0n) is 15.8. The van der Waals surface area contributed by atoms with Crippen molar-refractivity contribution >= 4 is 22.7 Å². The maximum Gasteiger partial charge on any atom is 0.269 e. The summed E-state index contributed by atoms with van der Waals surface area (Å²) in [4.78, 5) is 12.5. The molecule has 144 valence electrons. The first-order valence-electron chi connectivity index (χ1n) is 9.22. The van der Waals surface area contributed by atoms with E-state index in [0.717, 1.165) is 31.5 Å². The van der Waals surface area contributed by atoms with Gasteiger partial charge in [0, 0.05) is 24.4 Å². The van der Waals surface area contributed by atoms with Gasteiger partial charge in [0.15, 0.2) is 0 Å². The number of nitro groups is 1. The van der Waals surface area contributed by atoms with Crippen LogP contribution in [0.25, 0.3) is 0 Å². The van der Waals surface area contributed by atoms with Gasteiger partial charge in [-0.3, -0.25) is 10.1 Å². The zero-order chi connectivity index (χ0) is 19.6. The number of nitro benzene ring substituents is 1. The molecule has 0 aliphatic heterocycles. The summed E-state index contributed by atoms with van der Waals surface area (Å²) in [5, 5.41) is 28.6. The van der Waals surface area contributed by atoms with E-state index in [9.17, 15) is 15.2 Å². The summed E-state index contributed by atoms with van der Waals surface area (Å²) < 4.78 is 0. The maximum absolute atomic E-state index is 10.7. The molecule has 0 amide bonds. The first-order chi connectivity index (χ1) is 13.1. The van der Waals surface area contributed by atoms with Crippen molar-refractivity contribution in [2.75, 3.05) is 18.1 Å². The smallest absolute Gasteiger partial charge is 0.269 e. The molecular weight excluding hydrogens is 344 g/mol. The van der Waals surface area contributed by atoms with Crippen LogP contribution >= 0.6 is 0 Å². The molecule has 1 unspecified atom stereocenters. The number of hydrogen-bond acceptors (Lipinski definition) is 6. The third-order valence-corrected chi connectivity index (χ3v) is 4.40. The maximum atomic E-state index is 10.7. The third kappa shape index (κ3) is 5.86. The summed E-state index contributed by atoms with van der Waals surface area (Å²) in [6.45, 7) is 5.26. The Balaban J connectivity index is 2.11. The summed E-state index contributed by atoms with van der Waals surface area (Å²) in [6, 6.07) is 13.8. The Hall–Kier alpha value is -2.80. The van der Waals surface area contributed by atoms with Gasteiger partial charge < -0.3 is 10.0 Å². The van der Waals surface area contributed by atoms with Crippen molar-refractivity contribution in [1.29, 1.82) is 0 Å². The SMILES string of the molecule is CCCCN(c1ccc(N=Nc2ccc([N+](=O)[O-])cc2)cc1)C(CC)CO. The predicted octanol–water partition coefficient (Wildman–Crippen LogP) is 5.39. The van der Waals surface area contributed by atoms with Gasteiger partial charge in [0.2, 0.25) is 0 Å². The lowest BCUT2D eigenvalue weighted by Crippen LogP contribution is -2.38. The summed E-state index contributed by atoms with van der Waals surface area (Å²) in [6.07, 6.45) is 3.04. The van der Waals surface area contributed by atoms with E-state index in [-0.39, 0.29) is 18.3 Å². The van der Waals surface area contributed by atoms with E-state index in [1.54, 1.807) is 12.1 Å². The van der Waals surface area contributed by atoms with Crippen molar-refractivity contribution in [2.24, 2.45) is 10.2 Å². The molecule has 1 N–H and O–H groups in total. The molecular formula is C20H26N4O3. The van der Waals surface area contributed by atoms with Crippen LogP contribution < -0.4 is 4.90 Å². The fourth-order valence-corrected chi connectivity index (χ4v) is 2.77. The standard InChI is InChI=1S/C20H26N4O3/c1-3-5-14-23(18(4-2)15-25)19-10-6-16(7-11-19)21-22-17-8-12-20(13-9-17)24(26)27/h6-13,18,25H,3-5,14-15H2,1-2H3. The Kier molecular flexibility index (Phi) is 7.88. The number of azo groups is 1. The van der Waals surface area contributed by atoms with Gasteiger partial charge in [-0.05, 0) is 49.2 Å². The van der Waals surface area contributed by atoms with E-state index in [4.69, 9.17) is 0 Å². The molecule has 7 nitrogen and oxygen atoms in total. The first-order valence-corrected chi connectivity index (χ1v) is 9.22. The Morgan fingerprint density at radius 2 is 1.59 bits per heavy atom. The molecule has 0 radical (unpaired) electrons. The van der Waals surface area contributed by atoms with E-state index in [0.29, 0.717) is 11.4 Å². The van der Waals surface area contributed by atoms with Crippen molar-refractivity contribution in [3.63, 3.8) is 0 Å². The van der Waals surface area contributed by atoms with Crippen LogP contribution in [-0.2, 0) is 0 Å². The quantitative estimate of drug-likeness (QED) is 0.345. The fourth-order valence-electron chi connectivity index (χ4n) is 2.77. The third-order valence-electron chi connectivity index (χ3n) is 4.40. The lowest BCUT2D eigenvalue weighted by molar-refractivity contribution is -0.384. The van der Waals surface area contributed by atoms with E-state index >= 15 is 0 Å². The number of benzene rings is 2. The number of anilines is 1. The van der Waals surface area contributed by atoms with Crippen LogP contribution in [0.15, 0.2) is 58.8 Å². The molecule has 0 heterocycles. The second-order valence-electron chi connectivity index (χ2n) is 6.28. The van der Waals surface area contributed by atoms with Crippen LogP contribution in [0.4, 0.5) is 22.7 Å². The van der Waals surface area contributed by atoms with Gasteiger partial charge in [-0.2, -0.15) is 10.2 Å². The minimum absolute atomic E-state index is 0.0276. The second kappa shape index (κ2) is 10.4. The number of unbranched alkanes of at least 4 members (excludes halogenated alkanes) is 1. The van der Waals surface area contributed by atoms with Gasteiger partial charge in [0.1, 0.15) is 0 Å². The predicted molar refractivity (Wildman–Crippen MR) is 107 cm³/mol. The van der Waals surface area contributed by atoms with E-state index < -0.39 is 4.92 Å². The van der Waals surface area contributed by atoms with Gasteiger partial charge in [-0.1, -0.05) is 20.3 Å². The van der Waals surface area contributed by atoms with Gasteiger partial charge in [0.25, 0.3) is 5.69 Å². The monoisotopic (exact) mass is 370 g/mol. The molecule has 7 heteroatoms. The number of aliphatic hydroxyl groups excluding tert-OH is 1. The molecule has 0 aliphatic carbocycles. The van der Waals surface area contributed by atoms with Crippen LogP contribution in [0, 0.1) is 10.1 Å². The highest BCUT2D eigenvalue weighted by atomic mass is 16.6. The number of rotatable bonds is 10. The molecule has 0 aliphatic rings. The van der Waals surface area contributed by atoms with E-state index in [1.165, 1.54) is 12.1 Å². The van der Waals surface area contributed by atoms with Crippen LogP contribution in [0.3, 0.4) is 0 Å².